The number of thiocarbonyl (C=S) groups is 1. The summed E-state index contributed by atoms with van der Waals surface area (Å²) in [5.74, 6) is 0.281. The molecule has 0 atom stereocenters. The van der Waals surface area contributed by atoms with Crippen molar-refractivity contribution in [2.45, 2.75) is 31.7 Å². The number of aromatic nitrogens is 2. The van der Waals surface area contributed by atoms with Crippen LogP contribution >= 0.6 is 35.6 Å². The summed E-state index contributed by atoms with van der Waals surface area (Å²) in [6, 6.07) is 12.3. The second kappa shape index (κ2) is 8.69. The molecule has 1 amide bonds. The zero-order chi connectivity index (χ0) is 22.2. The summed E-state index contributed by atoms with van der Waals surface area (Å²) in [6.07, 6.45) is 7.24. The quantitative estimate of drug-likeness (QED) is 0.371. The van der Waals surface area contributed by atoms with Gasteiger partial charge in [-0.2, -0.15) is 4.98 Å². The zero-order valence-corrected chi connectivity index (χ0v) is 19.3. The Bertz CT molecular complexity index is 1330. The number of benzene rings is 1. The molecule has 0 N–H and O–H groups in total. The molecule has 0 unspecified atom stereocenters. The maximum Gasteiger partial charge on any atom is 0.269 e. The Balaban J connectivity index is 1.62. The van der Waals surface area contributed by atoms with Gasteiger partial charge in [0.15, 0.2) is 0 Å². The molecule has 2 aliphatic rings. The van der Waals surface area contributed by atoms with E-state index in [1.165, 1.54) is 22.2 Å². The number of hydrogen-bond acceptors (Lipinski definition) is 6. The lowest BCUT2D eigenvalue weighted by molar-refractivity contribution is -0.123. The third-order valence-corrected chi connectivity index (χ3v) is 7.21. The highest BCUT2D eigenvalue weighted by Crippen LogP contribution is 2.38. The van der Waals surface area contributed by atoms with Crippen LogP contribution in [0.3, 0.4) is 0 Å². The van der Waals surface area contributed by atoms with Crippen LogP contribution in [0.15, 0.2) is 58.4 Å². The van der Waals surface area contributed by atoms with Gasteiger partial charge in [0.25, 0.3) is 11.5 Å². The minimum Gasteiger partial charge on any atom is -0.437 e. The number of hydrogen-bond donors (Lipinski definition) is 0. The molecular weight excluding hydrogens is 466 g/mol. The molecule has 5 rings (SSSR count). The molecule has 6 nitrogen and oxygen atoms in total. The lowest BCUT2D eigenvalue weighted by atomic mass is 10.2. The number of fused-ring (bicyclic) bond motifs is 1. The fraction of sp³-hybridized carbons (Fsp3) is 0.217. The van der Waals surface area contributed by atoms with Gasteiger partial charge in [0.2, 0.25) is 5.88 Å². The predicted molar refractivity (Wildman–Crippen MR) is 130 cm³/mol. The van der Waals surface area contributed by atoms with Crippen LogP contribution in [0.4, 0.5) is 0 Å². The van der Waals surface area contributed by atoms with E-state index in [1.807, 2.05) is 0 Å². The molecule has 0 radical (unpaired) electrons. The van der Waals surface area contributed by atoms with E-state index >= 15 is 0 Å². The number of para-hydroxylation sites is 1. The average Bonchev–Trinajstić information content (AvgIpc) is 3.40. The summed E-state index contributed by atoms with van der Waals surface area (Å²) in [7, 11) is 0. The largest absolute Gasteiger partial charge is 0.437 e. The minimum absolute atomic E-state index is 0.0837. The third kappa shape index (κ3) is 3.83. The van der Waals surface area contributed by atoms with Gasteiger partial charge in [0, 0.05) is 12.2 Å². The molecule has 1 aliphatic heterocycles. The molecule has 2 aromatic heterocycles. The number of carbonyl (C=O) groups is 1. The first-order valence-electron chi connectivity index (χ1n) is 10.2. The van der Waals surface area contributed by atoms with E-state index in [-0.39, 0.29) is 29.0 Å². The number of ether oxygens (including phenoxy) is 1. The summed E-state index contributed by atoms with van der Waals surface area (Å²) in [6.45, 7) is 0. The van der Waals surface area contributed by atoms with Gasteiger partial charge in [-0.3, -0.25) is 18.9 Å². The van der Waals surface area contributed by atoms with Crippen molar-refractivity contribution in [3.05, 3.63) is 74.5 Å². The number of carbonyl (C=O) groups excluding carboxylic acids is 1. The Hall–Kier alpha value is -2.68. The highest BCUT2D eigenvalue weighted by atomic mass is 35.5. The minimum atomic E-state index is -0.344. The first kappa shape index (κ1) is 21.2. The van der Waals surface area contributed by atoms with Crippen molar-refractivity contribution >= 4 is 57.5 Å². The standard InChI is InChI=1S/C23H18ClN3O3S2/c24-16-9-3-4-10-17(16)30-20-15(21(28)26-12-6-5-11-19(26)25-20)13-18-22(29)27(23(31)32-18)14-7-1-2-8-14/h3-6,9-14H,1-2,7-8H2/b18-13+. The van der Waals surface area contributed by atoms with E-state index in [0.717, 1.165) is 25.7 Å². The van der Waals surface area contributed by atoms with Gasteiger partial charge in [0.1, 0.15) is 21.3 Å². The number of amides is 1. The summed E-state index contributed by atoms with van der Waals surface area (Å²) < 4.78 is 7.90. The lowest BCUT2D eigenvalue weighted by Gasteiger charge is -2.21. The van der Waals surface area contributed by atoms with Gasteiger partial charge in [0.05, 0.1) is 9.93 Å². The van der Waals surface area contributed by atoms with Gasteiger partial charge in [-0.05, 0) is 43.2 Å². The van der Waals surface area contributed by atoms with Crippen molar-refractivity contribution in [1.82, 2.24) is 14.3 Å². The molecule has 1 aromatic carbocycles. The van der Waals surface area contributed by atoms with Crippen LogP contribution < -0.4 is 10.3 Å². The van der Waals surface area contributed by atoms with E-state index in [2.05, 4.69) is 4.98 Å². The molecule has 1 saturated heterocycles. The molecular formula is C23H18ClN3O3S2. The average molecular weight is 484 g/mol. The molecule has 3 heterocycles. The van der Waals surface area contributed by atoms with Gasteiger partial charge in [-0.25, -0.2) is 0 Å². The summed E-state index contributed by atoms with van der Waals surface area (Å²) in [5, 5.41) is 0.390. The number of nitrogens with zero attached hydrogens (tertiary/aromatic N) is 3. The van der Waals surface area contributed by atoms with Crippen molar-refractivity contribution in [1.29, 1.82) is 0 Å². The molecule has 32 heavy (non-hydrogen) atoms. The monoisotopic (exact) mass is 483 g/mol. The van der Waals surface area contributed by atoms with Gasteiger partial charge in [-0.1, -0.05) is 66.6 Å². The van der Waals surface area contributed by atoms with Crippen LogP contribution in [0.2, 0.25) is 5.02 Å². The van der Waals surface area contributed by atoms with Crippen LogP contribution in [0, 0.1) is 0 Å². The Morgan fingerprint density at radius 2 is 1.88 bits per heavy atom. The van der Waals surface area contributed by atoms with Crippen LogP contribution in [0.5, 0.6) is 11.6 Å². The molecule has 162 valence electrons. The Morgan fingerprint density at radius 1 is 1.12 bits per heavy atom. The maximum atomic E-state index is 13.3. The highest BCUT2D eigenvalue weighted by Gasteiger charge is 2.38. The molecule has 3 aromatic rings. The Morgan fingerprint density at radius 3 is 2.66 bits per heavy atom. The van der Waals surface area contributed by atoms with Crippen molar-refractivity contribution in [3.8, 4) is 11.6 Å². The number of thioether (sulfide) groups is 1. The molecule has 1 aliphatic carbocycles. The van der Waals surface area contributed by atoms with Crippen molar-refractivity contribution < 1.29 is 9.53 Å². The predicted octanol–water partition coefficient (Wildman–Crippen LogP) is 5.28. The van der Waals surface area contributed by atoms with Crippen LogP contribution in [-0.2, 0) is 4.79 Å². The first-order valence-corrected chi connectivity index (χ1v) is 11.8. The van der Waals surface area contributed by atoms with Crippen molar-refractivity contribution in [2.24, 2.45) is 0 Å². The van der Waals surface area contributed by atoms with Crippen molar-refractivity contribution in [2.75, 3.05) is 0 Å². The smallest absolute Gasteiger partial charge is 0.269 e. The van der Waals surface area contributed by atoms with E-state index in [4.69, 9.17) is 28.6 Å². The van der Waals surface area contributed by atoms with Crippen molar-refractivity contribution in [3.63, 3.8) is 0 Å². The van der Waals surface area contributed by atoms with E-state index in [1.54, 1.807) is 53.6 Å². The Labute approximate surface area is 198 Å². The number of rotatable bonds is 4. The van der Waals surface area contributed by atoms with E-state index in [9.17, 15) is 9.59 Å². The number of halogens is 1. The van der Waals surface area contributed by atoms with Gasteiger partial charge < -0.3 is 4.74 Å². The number of pyridine rings is 1. The topological polar surface area (TPSA) is 63.9 Å². The second-order valence-corrected chi connectivity index (χ2v) is 9.67. The van der Waals surface area contributed by atoms with Gasteiger partial charge in [-0.15, -0.1) is 0 Å². The molecule has 0 spiro atoms. The Kier molecular flexibility index (Phi) is 5.75. The molecule has 0 bridgehead atoms. The second-order valence-electron chi connectivity index (χ2n) is 7.59. The molecule has 1 saturated carbocycles. The summed E-state index contributed by atoms with van der Waals surface area (Å²) >= 11 is 13.0. The lowest BCUT2D eigenvalue weighted by Crippen LogP contribution is -2.36. The van der Waals surface area contributed by atoms with Crippen LogP contribution in [-0.4, -0.2) is 30.6 Å². The fourth-order valence-corrected chi connectivity index (χ4v) is 5.56. The first-order chi connectivity index (χ1) is 15.5. The van der Waals surface area contributed by atoms with E-state index in [0.29, 0.717) is 25.6 Å². The SMILES string of the molecule is O=C1/C(=C\c2c(Oc3ccccc3Cl)nc3ccccn3c2=O)SC(=S)N1C1CCCC1. The van der Waals surface area contributed by atoms with Crippen LogP contribution in [0.1, 0.15) is 31.2 Å². The third-order valence-electron chi connectivity index (χ3n) is 5.57. The summed E-state index contributed by atoms with van der Waals surface area (Å²) in [4.78, 5) is 33.1. The maximum absolute atomic E-state index is 13.3. The molecule has 2 fully saturated rings. The van der Waals surface area contributed by atoms with E-state index < -0.39 is 0 Å². The summed E-state index contributed by atoms with van der Waals surface area (Å²) in [5.41, 5.74) is 0.250. The normalized spacial score (nSPS) is 18.3. The fourth-order valence-electron chi connectivity index (χ4n) is 4.00. The zero-order valence-electron chi connectivity index (χ0n) is 16.9. The van der Waals surface area contributed by atoms with Crippen LogP contribution in [0.25, 0.3) is 11.7 Å². The molecule has 9 heteroatoms. The highest BCUT2D eigenvalue weighted by molar-refractivity contribution is 8.26. The van der Waals surface area contributed by atoms with Gasteiger partial charge >= 0.3 is 0 Å².